The first-order chi connectivity index (χ1) is 48.4. The minimum Gasteiger partial charge on any atom is -0.491 e. The van der Waals surface area contributed by atoms with Crippen LogP contribution in [0.3, 0.4) is 0 Å². The number of benzene rings is 6. The van der Waals surface area contributed by atoms with Gasteiger partial charge in [-0.3, -0.25) is 0 Å². The molecule has 104 heavy (non-hydrogen) atoms. The van der Waals surface area contributed by atoms with E-state index in [1.165, 1.54) is 42.4 Å². The second kappa shape index (κ2) is 44.2. The predicted octanol–water partition coefficient (Wildman–Crippen LogP) is 15.1. The van der Waals surface area contributed by atoms with E-state index in [1.54, 1.807) is 0 Å². The van der Waals surface area contributed by atoms with Crippen LogP contribution in [0.1, 0.15) is 140 Å². The lowest BCUT2D eigenvalue weighted by atomic mass is 9.90. The fraction of sp³-hybridized carbons (Fsp3) is 0.542. The second-order valence-electron chi connectivity index (χ2n) is 30.2. The Hall–Kier alpha value is -5.33. The number of rotatable bonds is 23. The van der Waals surface area contributed by atoms with Crippen molar-refractivity contribution in [3.8, 4) is 17.2 Å². The van der Waals surface area contributed by atoms with Gasteiger partial charge in [-0.05, 0) is 203 Å². The zero-order valence-electron chi connectivity index (χ0n) is 62.0. The number of carbonyl (C=O) groups is 2. The van der Waals surface area contributed by atoms with Crippen LogP contribution in [0, 0.1) is 11.8 Å². The summed E-state index contributed by atoms with van der Waals surface area (Å²) in [6, 6.07) is 62.0. The van der Waals surface area contributed by atoms with E-state index < -0.39 is 23.4 Å². The van der Waals surface area contributed by atoms with E-state index in [1.807, 2.05) is 154 Å². The zero-order chi connectivity index (χ0) is 70.3. The molecule has 6 aromatic rings. The van der Waals surface area contributed by atoms with Crippen LogP contribution in [0.2, 0.25) is 0 Å². The van der Waals surface area contributed by atoms with Crippen molar-refractivity contribution in [2.45, 2.75) is 183 Å². The molecular formula is C83H120ClN5O11S4. The standard InChI is InChI=1S/C28H38N2O4.C24H31NO2.C19H28N2O2.C9H10O2.C3H5ClO.4H2S/c1-28(2,3)34-27(32)30(26-18-25(26)21-10-6-4-7-11-21)22-14-16-29(17-15-22)19-23(31)20-33-24-12-8-5-9-13-24;26-22(18-27-23-9-5-2-6-10-23)17-25-13-11-19(12-14-25)15-21-16-24(21)20-7-3-1-4-8-20;1-19(2,3)23-18(22)21(15-9-11-20-12-10-15)17-13-16(17)14-7-5-4-6-8-14;1-2-4-8(5-3-1)10-6-9-7-11-9;4-1-3-2-5-3;;;;/h4-13,22-23,25-26,31H,14-20H2,1-3H3;1-10,19,21-22,24,26H,11-18H2;4-8,15-17,20H,9-13H2,1-3H3;1-5,9H,6-7H2;3H,1-2H2;4*1H2/t23-,25-,26+;21-,22+,24+;16-,17+;9-;3-;;;;/m01011..../s1. The Morgan fingerprint density at radius 1 is 0.490 bits per heavy atom. The van der Waals surface area contributed by atoms with Crippen LogP contribution in [-0.2, 0) is 18.9 Å². The number of nitrogens with one attached hydrogen (secondary N) is 1. The summed E-state index contributed by atoms with van der Waals surface area (Å²) in [4.78, 5) is 34.8. The first-order valence-corrected chi connectivity index (χ1v) is 37.5. The number of nitrogens with zero attached hydrogens (tertiary/aromatic N) is 4. The summed E-state index contributed by atoms with van der Waals surface area (Å²) in [5, 5.41) is 24.1. The monoisotopic (exact) mass is 1530 g/mol. The third kappa shape index (κ3) is 30.7. The summed E-state index contributed by atoms with van der Waals surface area (Å²) >= 11 is 5.27. The summed E-state index contributed by atoms with van der Waals surface area (Å²) in [5.41, 5.74) is 3.19. The van der Waals surface area contributed by atoms with Gasteiger partial charge >= 0.3 is 12.2 Å². The molecule has 0 bridgehead atoms. The number of likely N-dealkylation sites (tertiary alicyclic amines) is 2. The van der Waals surface area contributed by atoms with Crippen molar-refractivity contribution in [3.05, 3.63) is 199 Å². The molecule has 2 amide bonds. The second-order valence-corrected chi connectivity index (χ2v) is 30.5. The number of hydrogen-bond acceptors (Lipinski definition) is 14. The number of amides is 2. The zero-order valence-corrected chi connectivity index (χ0v) is 66.8. The van der Waals surface area contributed by atoms with Crippen molar-refractivity contribution in [2.75, 3.05) is 91.3 Å². The molecule has 0 spiro atoms. The van der Waals surface area contributed by atoms with E-state index in [-0.39, 0.29) is 90.9 Å². The van der Waals surface area contributed by atoms with Gasteiger partial charge in [0.2, 0.25) is 0 Å². The number of aliphatic hydroxyl groups is 2. The number of ether oxygens (including phenoxy) is 7. The number of carbonyl (C=O) groups excluding carboxylic acids is 2. The molecule has 8 aliphatic rings. The van der Waals surface area contributed by atoms with Crippen LogP contribution >= 0.6 is 65.6 Å². The Morgan fingerprint density at radius 3 is 1.19 bits per heavy atom. The Bertz CT molecular complexity index is 3300. The average molecular weight is 1530 g/mol. The van der Waals surface area contributed by atoms with Crippen molar-refractivity contribution in [1.29, 1.82) is 0 Å². The van der Waals surface area contributed by atoms with E-state index in [4.69, 9.17) is 44.8 Å². The first kappa shape index (κ1) is 87.6. The van der Waals surface area contributed by atoms with E-state index in [0.29, 0.717) is 55.7 Å². The molecule has 0 aromatic heterocycles. The number of β-amino-alcohol motifs (C(OH)–C–C–N with tert-alkyl or cyclic N) is 2. The molecule has 5 heterocycles. The molecule has 0 unspecified atom stereocenters. The van der Waals surface area contributed by atoms with Gasteiger partial charge in [0.25, 0.3) is 0 Å². The molecule has 0 radical (unpaired) electrons. The van der Waals surface area contributed by atoms with E-state index in [0.717, 1.165) is 133 Å². The lowest BCUT2D eigenvalue weighted by molar-refractivity contribution is 0.000750. The molecular weight excluding hydrogens is 1410 g/mol. The van der Waals surface area contributed by atoms with Gasteiger partial charge in [0.15, 0.2) is 0 Å². The van der Waals surface area contributed by atoms with Crippen molar-refractivity contribution >= 4 is 77.8 Å². The van der Waals surface area contributed by atoms with Gasteiger partial charge in [0, 0.05) is 62.2 Å². The van der Waals surface area contributed by atoms with Crippen LogP contribution in [0.4, 0.5) is 9.59 Å². The van der Waals surface area contributed by atoms with E-state index in [9.17, 15) is 19.8 Å². The molecule has 5 saturated heterocycles. The third-order valence-corrected chi connectivity index (χ3v) is 19.8. The number of para-hydroxylation sites is 3. The highest BCUT2D eigenvalue weighted by Gasteiger charge is 2.50. The molecule has 6 aromatic carbocycles. The molecule has 21 heteroatoms. The van der Waals surface area contributed by atoms with Gasteiger partial charge in [-0.25, -0.2) is 9.59 Å². The number of halogens is 1. The summed E-state index contributed by atoms with van der Waals surface area (Å²) in [5.74, 6) is 6.58. The van der Waals surface area contributed by atoms with Crippen LogP contribution in [0.15, 0.2) is 182 Å². The minimum atomic E-state index is -0.551. The summed E-state index contributed by atoms with van der Waals surface area (Å²) < 4.78 is 38.0. The highest BCUT2D eigenvalue weighted by molar-refractivity contribution is 7.59. The maximum atomic E-state index is 13.2. The number of aliphatic hydroxyl groups excluding tert-OH is 2. The van der Waals surface area contributed by atoms with Crippen molar-refractivity contribution in [1.82, 2.24) is 24.9 Å². The molecule has 14 rings (SSSR count). The summed E-state index contributed by atoms with van der Waals surface area (Å²) in [6.45, 7) is 21.8. The van der Waals surface area contributed by atoms with Gasteiger partial charge < -0.3 is 68.3 Å². The van der Waals surface area contributed by atoms with Crippen molar-refractivity contribution in [3.63, 3.8) is 0 Å². The Labute approximate surface area is 653 Å². The fourth-order valence-corrected chi connectivity index (χ4v) is 14.1. The van der Waals surface area contributed by atoms with Crippen LogP contribution < -0.4 is 19.5 Å². The number of epoxide rings is 2. The topological polar surface area (TPSA) is 171 Å². The van der Waals surface area contributed by atoms with Gasteiger partial charge in [-0.2, -0.15) is 54.0 Å². The SMILES string of the molecule is CC(C)(C)OC(=O)N(C1CCN(C[C@H](O)COc2ccccc2)CC1)[C@@H]1C[C@H]1c1ccccc1.CC(C)(C)OC(=O)N(C1CCNCC1)[C@@H]1C[C@H]1c1ccccc1.ClC[C@@H]1CO1.O[C@H](COc1ccccc1)CN1CCC(C[C@@H]2C[C@H]2c2ccccc2)CC1.S.S.S.S.c1ccc(OC[C@@H]2CO2)cc1. The van der Waals surface area contributed by atoms with Crippen LogP contribution in [0.5, 0.6) is 17.2 Å². The highest BCUT2D eigenvalue weighted by atomic mass is 35.5. The molecule has 10 atom stereocenters. The lowest BCUT2D eigenvalue weighted by Crippen LogP contribution is -2.51. The molecule has 8 fully saturated rings. The Kier molecular flexibility index (Phi) is 37.2. The Balaban J connectivity index is 0.000000219. The number of hydrogen-bond donors (Lipinski definition) is 3. The summed E-state index contributed by atoms with van der Waals surface area (Å²) in [6.07, 6.45) is 10.5. The number of alkyl halides is 1. The van der Waals surface area contributed by atoms with Gasteiger partial charge in [0.05, 0.1) is 25.2 Å². The average Bonchev–Trinajstić information content (AvgIpc) is 1.61. The van der Waals surface area contributed by atoms with Crippen molar-refractivity contribution in [2.24, 2.45) is 11.8 Å². The van der Waals surface area contributed by atoms with Gasteiger partial charge in [-0.15, -0.1) is 11.6 Å². The first-order valence-electron chi connectivity index (χ1n) is 36.9. The quantitative estimate of drug-likeness (QED) is 0.0409. The third-order valence-electron chi connectivity index (χ3n) is 19.5. The van der Waals surface area contributed by atoms with E-state index in [2.05, 4.69) is 94.0 Å². The molecule has 5 aliphatic heterocycles. The normalized spacial score (nSPS) is 23.0. The maximum absolute atomic E-state index is 13.2. The number of piperidine rings is 3. The molecule has 3 N–H and O–H groups in total. The molecule has 574 valence electrons. The summed E-state index contributed by atoms with van der Waals surface area (Å²) in [7, 11) is 0. The molecule has 16 nitrogen and oxygen atoms in total. The maximum Gasteiger partial charge on any atom is 0.410 e. The highest BCUT2D eigenvalue weighted by Crippen LogP contribution is 2.52. The Morgan fingerprint density at radius 2 is 0.837 bits per heavy atom. The van der Waals surface area contributed by atoms with Gasteiger partial charge in [-0.1, -0.05) is 146 Å². The van der Waals surface area contributed by atoms with E-state index >= 15 is 0 Å². The predicted molar refractivity (Wildman–Crippen MR) is 437 cm³/mol. The van der Waals surface area contributed by atoms with Crippen molar-refractivity contribution < 1.29 is 53.0 Å². The van der Waals surface area contributed by atoms with Crippen LogP contribution in [0.25, 0.3) is 0 Å². The lowest BCUT2D eigenvalue weighted by Gasteiger charge is -2.40. The molecule has 3 aliphatic carbocycles. The minimum absolute atomic E-state index is 0. The smallest absolute Gasteiger partial charge is 0.410 e. The largest absolute Gasteiger partial charge is 0.491 e. The fourth-order valence-electron chi connectivity index (χ4n) is 13.9. The molecule has 3 saturated carbocycles. The van der Waals surface area contributed by atoms with Crippen LogP contribution in [-0.4, -0.2) is 193 Å². The van der Waals surface area contributed by atoms with Gasteiger partial charge in [0.1, 0.15) is 66.6 Å².